The summed E-state index contributed by atoms with van der Waals surface area (Å²) in [6.07, 6.45) is -0.564. The Balaban J connectivity index is 0.000000180. The molecule has 6 fully saturated rings. The fourth-order valence-electron chi connectivity index (χ4n) is 13.1. The van der Waals surface area contributed by atoms with Crippen molar-refractivity contribution in [3.63, 3.8) is 0 Å². The summed E-state index contributed by atoms with van der Waals surface area (Å²) in [5, 5.41) is 11.2. The van der Waals surface area contributed by atoms with Crippen molar-refractivity contribution in [2.75, 3.05) is 24.7 Å². The second-order valence-corrected chi connectivity index (χ2v) is 34.2. The molecule has 4 unspecified atom stereocenters. The zero-order chi connectivity index (χ0) is 65.0. The predicted molar refractivity (Wildman–Crippen MR) is 351 cm³/mol. The quantitative estimate of drug-likeness (QED) is 0.0633. The Bertz CT molecular complexity index is 4590. The van der Waals surface area contributed by atoms with Gasteiger partial charge in [-0.3, -0.25) is 13.8 Å². The molecular formula is C52H64F2N18O15P4S4. The van der Waals surface area contributed by atoms with E-state index in [9.17, 15) is 29.1 Å². The largest absolute Gasteiger partial charge is 0.471 e. The molecule has 0 amide bonds. The van der Waals surface area contributed by atoms with Crippen molar-refractivity contribution in [3.8, 4) is 5.88 Å². The highest BCUT2D eigenvalue weighted by Crippen LogP contribution is 2.64. The van der Waals surface area contributed by atoms with E-state index in [0.717, 1.165) is 5.56 Å². The number of nitrogens with zero attached hydrogens (tertiary/aromatic N) is 15. The van der Waals surface area contributed by atoms with Crippen molar-refractivity contribution >= 4 is 131 Å². The number of nitrogens with two attached hydrogens (primary N) is 2. The standard InChI is InChI=1S/C29H32FN9O7P2S2.C21H24FN9O8P2S2.2CH4/c1-15-20-8-19(39-14-37-23-28(39)34-12-35-29(23)42-9-16-5-3-2-4-6-16)24(15)45-47(40,49)43-10-17-7-18(21(30)25(17)46-48(41,50)44-20)38-13-36-22-26(31)32-11-33-27(22)38;22-12-9(30-6-28-13-18(23)24-4-25-19(13)30)1-8-3-36-40(34,42)39-17-10(31-7-29-14-20(31)26-5-27-21(14)33)2-11(15(17)32)37-41(35,43)38-16(8)12;;/h2-6,11-15,17-21,24-25H,7-10H2,1H3,(H,40,49)(H,41,50)(H2,31,32,33);4-12,15-17,32H,1-3H2,(H,34,42)(H,35,43)(H2,23,24,25)(H,26,27,33);2*1H4/t15-,17-,18-,19-,20+,21+,24-,25-,47?,48?;8-,9-,10-,11+,12+,15-,16-,17+,40?,41?;;/m11../s1. The normalized spacial score (nSPS) is 35.7. The highest BCUT2D eigenvalue weighted by molar-refractivity contribution is 8.44. The predicted octanol–water partition coefficient (Wildman–Crippen LogP) is 6.39. The van der Waals surface area contributed by atoms with E-state index in [1.807, 2.05) is 30.3 Å². The minimum atomic E-state index is -4.20. The Hall–Kier alpha value is -5.47. The summed E-state index contributed by atoms with van der Waals surface area (Å²) in [5.74, 6) is -1.46. The molecular weight excluding hydrogens is 1410 g/mol. The first kappa shape index (κ1) is 69.4. The number of hydrogen-bond acceptors (Lipinski definition) is 28. The number of benzene rings is 1. The van der Waals surface area contributed by atoms with Crippen LogP contribution in [0.15, 0.2) is 85.7 Å². The maximum absolute atomic E-state index is 16.4. The number of aromatic amines is 1. The topological polar surface area (TPSA) is 427 Å². The van der Waals surface area contributed by atoms with Gasteiger partial charge in [-0.1, -0.05) is 64.4 Å². The van der Waals surface area contributed by atoms with Crippen LogP contribution < -0.4 is 21.8 Å². The van der Waals surface area contributed by atoms with Crippen LogP contribution in [0.4, 0.5) is 20.4 Å². The van der Waals surface area contributed by atoms with Gasteiger partial charge in [-0.05, 0) is 60.2 Å². The van der Waals surface area contributed by atoms with Gasteiger partial charge in [0.25, 0.3) is 5.56 Å². The Morgan fingerprint density at radius 3 is 1.66 bits per heavy atom. The van der Waals surface area contributed by atoms with Crippen molar-refractivity contribution in [3.05, 3.63) is 96.9 Å². The summed E-state index contributed by atoms with van der Waals surface area (Å²) < 4.78 is 106. The molecule has 6 aliphatic rings. The summed E-state index contributed by atoms with van der Waals surface area (Å²) in [6.45, 7) is -14.9. The van der Waals surface area contributed by atoms with E-state index in [1.54, 1.807) is 17.8 Å². The molecule has 95 heavy (non-hydrogen) atoms. The summed E-state index contributed by atoms with van der Waals surface area (Å²) in [5.41, 5.74) is 14.6. The molecule has 33 nitrogen and oxygen atoms in total. The zero-order valence-corrected chi connectivity index (χ0v) is 55.0. The van der Waals surface area contributed by atoms with Gasteiger partial charge in [0.2, 0.25) is 5.88 Å². The number of H-pyrrole nitrogens is 1. The van der Waals surface area contributed by atoms with Crippen LogP contribution in [0.1, 0.15) is 77.2 Å². The Morgan fingerprint density at radius 2 is 1.07 bits per heavy atom. The van der Waals surface area contributed by atoms with Crippen LogP contribution in [-0.2, 0) is 82.8 Å². The van der Waals surface area contributed by atoms with E-state index in [0.29, 0.717) is 28.0 Å². The second-order valence-electron chi connectivity index (χ2n) is 23.0. The van der Waals surface area contributed by atoms with E-state index in [1.165, 1.54) is 58.0 Å². The number of aliphatic hydroxyl groups is 1. The molecule has 4 aliphatic carbocycles. The summed E-state index contributed by atoms with van der Waals surface area (Å²) in [6, 6.07) is 6.47. The summed E-state index contributed by atoms with van der Waals surface area (Å²) in [4.78, 5) is 94.5. The molecule has 10 heterocycles. The van der Waals surface area contributed by atoms with Crippen LogP contribution in [0.3, 0.4) is 0 Å². The van der Waals surface area contributed by atoms with Gasteiger partial charge in [-0.2, -0.15) is 4.98 Å². The lowest BCUT2D eigenvalue weighted by molar-refractivity contribution is -0.0334. The molecule has 43 heteroatoms. The SMILES string of the molecule is C.C.C[C@H]1[C@H]2OP(O)(=S)OC[C@H]3C[C@@H](n4cnc5c(N)ncnc54)[C@H](F)[C@@H]3OP(=O)(S)O[C@H]1C[C@H]2n1cnc2c(OCc3ccccc3)ncnc21.Nc1ncnc2c1ncn2[C@@H]1C[C@@H]2COP(O)(=S)O[C@@H]3[C@H](O)[C@H](C[C@H]3n3cnc4c(=O)[nH]cnc43)OP(O)(=S)O[C@H]2[C@H]1F. The molecule has 4 bridgehead atoms. The number of aromatic nitrogens is 16. The number of nitrogen functional groups attached to an aromatic ring is 2. The maximum atomic E-state index is 16.4. The minimum absolute atomic E-state index is 0. The van der Waals surface area contributed by atoms with E-state index in [2.05, 4.69) is 72.1 Å². The molecule has 9 aromatic rings. The zero-order valence-electron chi connectivity index (χ0n) is 48.1. The van der Waals surface area contributed by atoms with Crippen LogP contribution in [-0.4, -0.2) is 166 Å². The van der Waals surface area contributed by atoms with Crippen LogP contribution >= 0.6 is 39.2 Å². The lowest BCUT2D eigenvalue weighted by atomic mass is 10.1. The van der Waals surface area contributed by atoms with Gasteiger partial charge in [0, 0.05) is 24.2 Å². The number of anilines is 2. The average Bonchev–Trinajstić information content (AvgIpc) is 1.62. The van der Waals surface area contributed by atoms with Crippen LogP contribution in [0, 0.1) is 17.8 Å². The molecule has 510 valence electrons. The third-order valence-corrected chi connectivity index (χ3v) is 23.8. The minimum Gasteiger partial charge on any atom is -0.471 e. The van der Waals surface area contributed by atoms with Crippen molar-refractivity contribution in [2.45, 2.75) is 133 Å². The van der Waals surface area contributed by atoms with Gasteiger partial charge in [-0.25, -0.2) is 63.2 Å². The lowest BCUT2D eigenvalue weighted by Gasteiger charge is -2.31. The number of imidazole rings is 4. The van der Waals surface area contributed by atoms with Crippen LogP contribution in [0.25, 0.3) is 44.7 Å². The number of thiol groups is 1. The van der Waals surface area contributed by atoms with Gasteiger partial charge in [-0.15, -0.1) is 0 Å². The molecule has 9 N–H and O–H groups in total. The number of aliphatic hydroxyl groups excluding tert-OH is 1. The first-order valence-corrected chi connectivity index (χ1v) is 39.1. The first-order chi connectivity index (χ1) is 44.4. The highest BCUT2D eigenvalue weighted by Gasteiger charge is 2.56. The number of ether oxygens (including phenoxy) is 1. The van der Waals surface area contributed by atoms with Crippen LogP contribution in [0.2, 0.25) is 0 Å². The van der Waals surface area contributed by atoms with Gasteiger partial charge in [0.05, 0.1) is 87.3 Å². The number of rotatable bonds is 7. The van der Waals surface area contributed by atoms with Gasteiger partial charge < -0.3 is 86.4 Å². The molecule has 2 aliphatic heterocycles. The molecule has 2 saturated heterocycles. The van der Waals surface area contributed by atoms with E-state index < -0.39 is 130 Å². The van der Waals surface area contributed by atoms with Crippen molar-refractivity contribution in [2.24, 2.45) is 17.8 Å². The summed E-state index contributed by atoms with van der Waals surface area (Å²) >= 11 is 20.4. The molecule has 1 aromatic carbocycles. The molecule has 15 rings (SSSR count). The Kier molecular flexibility index (Phi) is 19.7. The molecule has 8 aromatic heterocycles. The van der Waals surface area contributed by atoms with Gasteiger partial charge in [0.15, 0.2) is 45.3 Å². The highest BCUT2D eigenvalue weighted by atomic mass is 32.7. The first-order valence-electron chi connectivity index (χ1n) is 28.7. The third-order valence-electron chi connectivity index (χ3n) is 17.5. The number of hydrogen-bond donors (Lipinski definition) is 8. The van der Waals surface area contributed by atoms with E-state index in [-0.39, 0.29) is 94.6 Å². The Morgan fingerprint density at radius 1 is 0.600 bits per heavy atom. The van der Waals surface area contributed by atoms with Crippen molar-refractivity contribution < 1.29 is 74.1 Å². The van der Waals surface area contributed by atoms with E-state index in [4.69, 9.17) is 87.8 Å². The summed E-state index contributed by atoms with van der Waals surface area (Å²) in [7, 11) is 0. The Labute approximate surface area is 558 Å². The molecule has 20 atom stereocenters. The fourth-order valence-corrected chi connectivity index (χ4v) is 20.0. The monoisotopic (exact) mass is 1470 g/mol. The third kappa shape index (κ3) is 13.5. The number of alkyl halides is 2. The van der Waals surface area contributed by atoms with E-state index >= 15 is 8.78 Å². The lowest BCUT2D eigenvalue weighted by Crippen LogP contribution is -2.36. The molecule has 4 saturated carbocycles. The smallest absolute Gasteiger partial charge is 0.386 e. The fraction of sp³-hybridized carbons (Fsp3) is 0.500. The number of halogens is 2. The van der Waals surface area contributed by atoms with Crippen LogP contribution in [0.5, 0.6) is 5.88 Å². The molecule has 0 spiro atoms. The average molecular weight is 1470 g/mol. The number of fused-ring (bicyclic) bond motifs is 10. The molecule has 0 radical (unpaired) electrons. The van der Waals surface area contributed by atoms with Gasteiger partial charge in [0.1, 0.15) is 73.4 Å². The maximum Gasteiger partial charge on any atom is 0.386 e. The number of nitrogens with one attached hydrogen (secondary N) is 1. The second kappa shape index (κ2) is 27.0. The van der Waals surface area contributed by atoms with Crippen molar-refractivity contribution in [1.82, 2.24) is 78.1 Å². The van der Waals surface area contributed by atoms with Crippen molar-refractivity contribution in [1.29, 1.82) is 0 Å². The van der Waals surface area contributed by atoms with Gasteiger partial charge >= 0.3 is 27.0 Å².